The van der Waals surface area contributed by atoms with Crippen molar-refractivity contribution in [3.05, 3.63) is 11.5 Å². The number of carbonyl (C=O) groups is 1. The first-order valence-corrected chi connectivity index (χ1v) is 4.77. The standard InChI is InChI=1S/C8H15NO2S/c1-4-11-8(10)7(9)5-12-6(2)3/h7H,2,4-5,9H2,1,3H3. The lowest BCUT2D eigenvalue weighted by molar-refractivity contribution is -0.144. The van der Waals surface area contributed by atoms with Gasteiger partial charge < -0.3 is 10.5 Å². The fourth-order valence-corrected chi connectivity index (χ4v) is 1.15. The van der Waals surface area contributed by atoms with Gasteiger partial charge in [-0.05, 0) is 18.8 Å². The Morgan fingerprint density at radius 2 is 2.33 bits per heavy atom. The Kier molecular flexibility index (Phi) is 5.84. The molecule has 0 aliphatic heterocycles. The van der Waals surface area contributed by atoms with E-state index in [2.05, 4.69) is 6.58 Å². The molecule has 0 saturated carbocycles. The van der Waals surface area contributed by atoms with E-state index in [1.807, 2.05) is 6.92 Å². The van der Waals surface area contributed by atoms with E-state index in [1.54, 1.807) is 6.92 Å². The van der Waals surface area contributed by atoms with Crippen LogP contribution in [0.1, 0.15) is 13.8 Å². The quantitative estimate of drug-likeness (QED) is 0.659. The summed E-state index contributed by atoms with van der Waals surface area (Å²) in [5.41, 5.74) is 5.52. The summed E-state index contributed by atoms with van der Waals surface area (Å²) in [7, 11) is 0. The molecule has 0 rings (SSSR count). The Morgan fingerprint density at radius 3 is 2.75 bits per heavy atom. The molecule has 70 valence electrons. The van der Waals surface area contributed by atoms with Crippen molar-refractivity contribution >= 4 is 17.7 Å². The minimum atomic E-state index is -0.536. The highest BCUT2D eigenvalue weighted by molar-refractivity contribution is 8.03. The Bertz CT molecular complexity index is 170. The number of nitrogens with two attached hydrogens (primary N) is 1. The Morgan fingerprint density at radius 1 is 1.75 bits per heavy atom. The lowest BCUT2D eigenvalue weighted by atomic mass is 10.4. The number of rotatable bonds is 5. The van der Waals surface area contributed by atoms with Crippen LogP contribution >= 0.6 is 11.8 Å². The van der Waals surface area contributed by atoms with Gasteiger partial charge in [-0.1, -0.05) is 6.58 Å². The Labute approximate surface area is 77.3 Å². The average Bonchev–Trinajstić information content (AvgIpc) is 2.00. The van der Waals surface area contributed by atoms with E-state index < -0.39 is 6.04 Å². The van der Waals surface area contributed by atoms with Gasteiger partial charge in [-0.15, -0.1) is 11.8 Å². The van der Waals surface area contributed by atoms with Gasteiger partial charge in [0.1, 0.15) is 6.04 Å². The fraction of sp³-hybridized carbons (Fsp3) is 0.625. The van der Waals surface area contributed by atoms with E-state index in [0.29, 0.717) is 12.4 Å². The number of hydrogen-bond acceptors (Lipinski definition) is 4. The van der Waals surface area contributed by atoms with Gasteiger partial charge in [0.25, 0.3) is 0 Å². The number of ether oxygens (including phenoxy) is 1. The molecule has 1 unspecified atom stereocenters. The fourth-order valence-electron chi connectivity index (χ4n) is 0.549. The van der Waals surface area contributed by atoms with Crippen LogP contribution in [0.5, 0.6) is 0 Å². The van der Waals surface area contributed by atoms with Gasteiger partial charge in [0.15, 0.2) is 0 Å². The average molecular weight is 189 g/mol. The van der Waals surface area contributed by atoms with Crippen LogP contribution in [0.15, 0.2) is 11.5 Å². The lowest BCUT2D eigenvalue weighted by Gasteiger charge is -2.09. The molecule has 0 aliphatic rings. The molecular formula is C8H15NO2S. The SMILES string of the molecule is C=C(C)SCC(N)C(=O)OCC. The van der Waals surface area contributed by atoms with Gasteiger partial charge in [-0.3, -0.25) is 4.79 Å². The molecule has 12 heavy (non-hydrogen) atoms. The molecular weight excluding hydrogens is 174 g/mol. The van der Waals surface area contributed by atoms with Crippen LogP contribution in [-0.4, -0.2) is 24.4 Å². The molecule has 0 saturated heterocycles. The lowest BCUT2D eigenvalue weighted by Crippen LogP contribution is -2.34. The number of esters is 1. The molecule has 1 atom stereocenters. The van der Waals surface area contributed by atoms with Crippen molar-refractivity contribution in [1.82, 2.24) is 0 Å². The molecule has 0 aromatic heterocycles. The van der Waals surface area contributed by atoms with Gasteiger partial charge in [-0.25, -0.2) is 0 Å². The molecule has 0 aromatic rings. The molecule has 3 nitrogen and oxygen atoms in total. The number of thioether (sulfide) groups is 1. The van der Waals surface area contributed by atoms with Gasteiger partial charge >= 0.3 is 5.97 Å². The molecule has 0 radical (unpaired) electrons. The summed E-state index contributed by atoms with van der Waals surface area (Å²) in [5, 5.41) is 0. The van der Waals surface area contributed by atoms with Gasteiger partial charge in [0.05, 0.1) is 6.61 Å². The van der Waals surface area contributed by atoms with Crippen LogP contribution in [0.3, 0.4) is 0 Å². The maximum Gasteiger partial charge on any atom is 0.323 e. The van der Waals surface area contributed by atoms with Crippen LogP contribution in [0.2, 0.25) is 0 Å². The van der Waals surface area contributed by atoms with E-state index >= 15 is 0 Å². The first-order chi connectivity index (χ1) is 5.57. The van der Waals surface area contributed by atoms with Crippen molar-refractivity contribution in [3.63, 3.8) is 0 Å². The summed E-state index contributed by atoms with van der Waals surface area (Å²) in [5.74, 6) is 0.194. The van der Waals surface area contributed by atoms with Crippen molar-refractivity contribution < 1.29 is 9.53 Å². The first kappa shape index (κ1) is 11.5. The second-order valence-corrected chi connectivity index (χ2v) is 3.69. The third kappa shape index (κ3) is 5.21. The van der Waals surface area contributed by atoms with Gasteiger partial charge in [-0.2, -0.15) is 0 Å². The minimum Gasteiger partial charge on any atom is -0.465 e. The molecule has 0 aromatic carbocycles. The molecule has 0 fully saturated rings. The summed E-state index contributed by atoms with van der Waals surface area (Å²) >= 11 is 1.47. The molecule has 4 heteroatoms. The normalized spacial score (nSPS) is 12.2. The number of carbonyl (C=O) groups excluding carboxylic acids is 1. The maximum atomic E-state index is 11.0. The molecule has 0 spiro atoms. The molecule has 0 bridgehead atoms. The van der Waals surface area contributed by atoms with Crippen molar-refractivity contribution in [2.24, 2.45) is 5.73 Å². The second kappa shape index (κ2) is 6.08. The van der Waals surface area contributed by atoms with E-state index in [0.717, 1.165) is 4.91 Å². The molecule has 0 aliphatic carbocycles. The third-order valence-corrected chi connectivity index (χ3v) is 2.12. The highest BCUT2D eigenvalue weighted by Gasteiger charge is 2.13. The summed E-state index contributed by atoms with van der Waals surface area (Å²) in [6, 6.07) is -0.536. The number of allylic oxidation sites excluding steroid dienone is 1. The highest BCUT2D eigenvalue weighted by Crippen LogP contribution is 2.12. The summed E-state index contributed by atoms with van der Waals surface area (Å²) in [6.07, 6.45) is 0. The third-order valence-electron chi connectivity index (χ3n) is 1.10. The van der Waals surface area contributed by atoms with E-state index in [9.17, 15) is 4.79 Å². The second-order valence-electron chi connectivity index (χ2n) is 2.37. The van der Waals surface area contributed by atoms with Crippen molar-refractivity contribution in [2.75, 3.05) is 12.4 Å². The van der Waals surface area contributed by atoms with Crippen LogP contribution in [0, 0.1) is 0 Å². The Balaban J connectivity index is 3.63. The van der Waals surface area contributed by atoms with Gasteiger partial charge in [0, 0.05) is 5.75 Å². The summed E-state index contributed by atoms with van der Waals surface area (Å²) in [4.78, 5) is 11.9. The van der Waals surface area contributed by atoms with E-state index in [4.69, 9.17) is 10.5 Å². The van der Waals surface area contributed by atoms with Crippen LogP contribution < -0.4 is 5.73 Å². The molecule has 2 N–H and O–H groups in total. The van der Waals surface area contributed by atoms with Gasteiger partial charge in [0.2, 0.25) is 0 Å². The first-order valence-electron chi connectivity index (χ1n) is 3.78. The summed E-state index contributed by atoms with van der Waals surface area (Å²) < 4.78 is 4.73. The van der Waals surface area contributed by atoms with Crippen LogP contribution in [-0.2, 0) is 9.53 Å². The minimum absolute atomic E-state index is 0.341. The predicted octanol–water partition coefficient (Wildman–Crippen LogP) is 1.14. The number of hydrogen-bond donors (Lipinski definition) is 1. The molecule has 0 heterocycles. The zero-order chi connectivity index (χ0) is 9.56. The topological polar surface area (TPSA) is 52.3 Å². The predicted molar refractivity (Wildman–Crippen MR) is 51.9 cm³/mol. The maximum absolute atomic E-state index is 11.0. The van der Waals surface area contributed by atoms with Crippen molar-refractivity contribution in [2.45, 2.75) is 19.9 Å². The van der Waals surface area contributed by atoms with Crippen LogP contribution in [0.25, 0.3) is 0 Å². The smallest absolute Gasteiger partial charge is 0.323 e. The highest BCUT2D eigenvalue weighted by atomic mass is 32.2. The van der Waals surface area contributed by atoms with E-state index in [1.165, 1.54) is 11.8 Å². The zero-order valence-electron chi connectivity index (χ0n) is 7.50. The van der Waals surface area contributed by atoms with Crippen molar-refractivity contribution in [3.8, 4) is 0 Å². The van der Waals surface area contributed by atoms with E-state index in [-0.39, 0.29) is 5.97 Å². The van der Waals surface area contributed by atoms with Crippen LogP contribution in [0.4, 0.5) is 0 Å². The summed E-state index contributed by atoms with van der Waals surface area (Å²) in [6.45, 7) is 7.70. The monoisotopic (exact) mass is 189 g/mol. The Hall–Kier alpha value is -0.480. The van der Waals surface area contributed by atoms with Crippen molar-refractivity contribution in [1.29, 1.82) is 0 Å². The zero-order valence-corrected chi connectivity index (χ0v) is 8.32. The molecule has 0 amide bonds. The largest absolute Gasteiger partial charge is 0.465 e.